The Morgan fingerprint density at radius 1 is 1.14 bits per heavy atom. The van der Waals surface area contributed by atoms with E-state index in [0.717, 1.165) is 17.7 Å². The van der Waals surface area contributed by atoms with Gasteiger partial charge >= 0.3 is 0 Å². The Labute approximate surface area is 165 Å². The van der Waals surface area contributed by atoms with Crippen LogP contribution in [-0.4, -0.2) is 25.4 Å². The Bertz CT molecular complexity index is 1050. The lowest BCUT2D eigenvalue weighted by Crippen LogP contribution is -2.05. The highest BCUT2D eigenvalue weighted by Gasteiger charge is 2.19. The highest BCUT2D eigenvalue weighted by Crippen LogP contribution is 2.31. The minimum atomic E-state index is -0.687. The number of furan rings is 1. The molecule has 0 aliphatic rings. The van der Waals surface area contributed by atoms with Crippen LogP contribution >= 0.6 is 0 Å². The fourth-order valence-electron chi connectivity index (χ4n) is 2.67. The van der Waals surface area contributed by atoms with Crippen molar-refractivity contribution in [2.24, 2.45) is 5.10 Å². The molecule has 0 aliphatic heterocycles. The van der Waals surface area contributed by atoms with E-state index in [2.05, 4.69) is 10.5 Å². The molecule has 0 radical (unpaired) electrons. The van der Waals surface area contributed by atoms with Crippen molar-refractivity contribution < 1.29 is 23.2 Å². The van der Waals surface area contributed by atoms with Gasteiger partial charge in [-0.2, -0.15) is 5.10 Å². The van der Waals surface area contributed by atoms with E-state index in [4.69, 9.17) is 13.9 Å². The van der Waals surface area contributed by atoms with Crippen molar-refractivity contribution in [1.29, 1.82) is 0 Å². The lowest BCUT2D eigenvalue weighted by Gasteiger charge is -2.09. The topological polar surface area (TPSA) is 99.1 Å². The van der Waals surface area contributed by atoms with Gasteiger partial charge in [0.15, 0.2) is 11.5 Å². The normalized spacial score (nSPS) is 10.9. The molecule has 1 aromatic heterocycles. The lowest BCUT2D eigenvalue weighted by molar-refractivity contribution is -0.384. The zero-order chi connectivity index (χ0) is 20.8. The fourth-order valence-corrected chi connectivity index (χ4v) is 2.67. The number of nitro benzene ring substituents is 1. The summed E-state index contributed by atoms with van der Waals surface area (Å²) in [6.07, 6.45) is 1.44. The summed E-state index contributed by atoms with van der Waals surface area (Å²) in [4.78, 5) is 10.5. The molecule has 9 heteroatoms. The van der Waals surface area contributed by atoms with Crippen molar-refractivity contribution in [2.75, 3.05) is 14.2 Å². The van der Waals surface area contributed by atoms with E-state index >= 15 is 0 Å². The molecular weight excluding hydrogens is 381 g/mol. The van der Waals surface area contributed by atoms with Gasteiger partial charge in [-0.25, -0.2) is 4.39 Å². The summed E-state index contributed by atoms with van der Waals surface area (Å²) >= 11 is 0. The first-order valence-corrected chi connectivity index (χ1v) is 8.53. The smallest absolute Gasteiger partial charge is 0.283 e. The molecule has 0 saturated carbocycles. The van der Waals surface area contributed by atoms with Crippen LogP contribution in [0, 0.1) is 15.9 Å². The van der Waals surface area contributed by atoms with Crippen LogP contribution in [0.15, 0.2) is 58.0 Å². The largest absolute Gasteiger partial charge is 0.493 e. The first kappa shape index (κ1) is 19.9. The van der Waals surface area contributed by atoms with E-state index in [0.29, 0.717) is 23.8 Å². The number of hydrazone groups is 1. The zero-order valence-corrected chi connectivity index (χ0v) is 15.7. The molecule has 0 saturated heterocycles. The first-order valence-electron chi connectivity index (χ1n) is 8.53. The molecule has 0 bridgehead atoms. The SMILES string of the molecule is COc1ccc(CN/N=C\c2ccc(-c3ccc(F)cc3[N+](=O)[O-])o2)cc1OC. The third-order valence-electron chi connectivity index (χ3n) is 4.06. The van der Waals surface area contributed by atoms with Crippen LogP contribution in [0.3, 0.4) is 0 Å². The van der Waals surface area contributed by atoms with Gasteiger partial charge in [0.25, 0.3) is 5.69 Å². The van der Waals surface area contributed by atoms with E-state index in [1.807, 2.05) is 12.1 Å². The summed E-state index contributed by atoms with van der Waals surface area (Å²) in [5.41, 5.74) is 3.64. The van der Waals surface area contributed by atoms with Crippen LogP contribution in [-0.2, 0) is 6.54 Å². The second-order valence-electron chi connectivity index (χ2n) is 5.90. The molecule has 8 nitrogen and oxygen atoms in total. The third-order valence-corrected chi connectivity index (χ3v) is 4.06. The Kier molecular flexibility index (Phi) is 6.08. The predicted octanol–water partition coefficient (Wildman–Crippen LogP) is 4.13. The summed E-state index contributed by atoms with van der Waals surface area (Å²) in [6.45, 7) is 0.438. The third kappa shape index (κ3) is 4.70. The summed E-state index contributed by atoms with van der Waals surface area (Å²) in [5, 5.41) is 15.2. The molecular formula is C20H18FN3O5. The Morgan fingerprint density at radius 3 is 2.66 bits per heavy atom. The van der Waals surface area contributed by atoms with Crippen molar-refractivity contribution in [3.63, 3.8) is 0 Å². The quantitative estimate of drug-likeness (QED) is 0.347. The Balaban J connectivity index is 1.67. The maximum Gasteiger partial charge on any atom is 0.283 e. The summed E-state index contributed by atoms with van der Waals surface area (Å²) in [6, 6.07) is 12.0. The van der Waals surface area contributed by atoms with Crippen LogP contribution < -0.4 is 14.9 Å². The lowest BCUT2D eigenvalue weighted by atomic mass is 10.1. The maximum absolute atomic E-state index is 13.3. The molecule has 0 spiro atoms. The van der Waals surface area contributed by atoms with Crippen molar-refractivity contribution in [1.82, 2.24) is 5.43 Å². The number of hydrogen-bond acceptors (Lipinski definition) is 7. The average molecular weight is 399 g/mol. The highest BCUT2D eigenvalue weighted by atomic mass is 19.1. The highest BCUT2D eigenvalue weighted by molar-refractivity contribution is 5.78. The summed E-state index contributed by atoms with van der Waals surface area (Å²) < 4.78 is 29.3. The van der Waals surface area contributed by atoms with Gasteiger partial charge in [0.2, 0.25) is 0 Å². The molecule has 150 valence electrons. The molecule has 0 fully saturated rings. The molecule has 0 atom stereocenters. The van der Waals surface area contributed by atoms with Gasteiger partial charge < -0.3 is 19.3 Å². The van der Waals surface area contributed by atoms with Crippen molar-refractivity contribution >= 4 is 11.9 Å². The van der Waals surface area contributed by atoms with Gasteiger partial charge in [-0.05, 0) is 42.0 Å². The molecule has 3 aromatic rings. The molecule has 29 heavy (non-hydrogen) atoms. The van der Waals surface area contributed by atoms with E-state index in [-0.39, 0.29) is 17.0 Å². The van der Waals surface area contributed by atoms with Gasteiger partial charge in [0.1, 0.15) is 17.3 Å². The fraction of sp³-hybridized carbons (Fsp3) is 0.150. The first-order chi connectivity index (χ1) is 14.0. The van der Waals surface area contributed by atoms with Crippen LogP contribution in [0.5, 0.6) is 11.5 Å². The molecule has 2 aromatic carbocycles. The minimum Gasteiger partial charge on any atom is -0.493 e. The number of methoxy groups -OCH3 is 2. The molecule has 0 amide bonds. The molecule has 3 rings (SSSR count). The summed E-state index contributed by atoms with van der Waals surface area (Å²) in [5.74, 6) is 1.20. The van der Waals surface area contributed by atoms with Crippen LogP contribution in [0.25, 0.3) is 11.3 Å². The predicted molar refractivity (Wildman–Crippen MR) is 105 cm³/mol. The number of hydrogen-bond donors (Lipinski definition) is 1. The standard InChI is InChI=1S/C20H18FN3O5/c1-27-19-7-3-13(9-20(19)28-2)11-22-23-12-15-5-8-18(29-15)16-6-4-14(21)10-17(16)24(25)26/h3-10,12,22H,11H2,1-2H3/b23-12-. The second-order valence-corrected chi connectivity index (χ2v) is 5.90. The molecule has 0 aliphatic carbocycles. The van der Waals surface area contributed by atoms with Crippen molar-refractivity contribution in [3.8, 4) is 22.8 Å². The van der Waals surface area contributed by atoms with Crippen molar-refractivity contribution in [3.05, 3.63) is 75.8 Å². The molecule has 1 N–H and O–H groups in total. The Hall–Kier alpha value is -3.88. The van der Waals surface area contributed by atoms with Crippen LogP contribution in [0.2, 0.25) is 0 Å². The monoisotopic (exact) mass is 399 g/mol. The number of nitrogens with one attached hydrogen (secondary N) is 1. The number of rotatable bonds is 8. The number of halogens is 1. The van der Waals surface area contributed by atoms with E-state index in [9.17, 15) is 14.5 Å². The second kappa shape index (κ2) is 8.87. The number of nitrogens with zero attached hydrogens (tertiary/aromatic N) is 2. The molecule has 0 unspecified atom stereocenters. The number of ether oxygens (including phenoxy) is 2. The summed E-state index contributed by atoms with van der Waals surface area (Å²) in [7, 11) is 3.13. The van der Waals surface area contributed by atoms with E-state index in [1.165, 1.54) is 12.3 Å². The van der Waals surface area contributed by atoms with Crippen molar-refractivity contribution in [2.45, 2.75) is 6.54 Å². The maximum atomic E-state index is 13.3. The van der Waals surface area contributed by atoms with Gasteiger partial charge in [0.05, 0.1) is 43.5 Å². The Morgan fingerprint density at radius 2 is 1.93 bits per heavy atom. The number of nitro groups is 1. The van der Waals surface area contributed by atoms with Gasteiger partial charge in [0, 0.05) is 0 Å². The minimum absolute atomic E-state index is 0.189. The van der Waals surface area contributed by atoms with E-state index < -0.39 is 10.7 Å². The van der Waals surface area contributed by atoms with Gasteiger partial charge in [-0.15, -0.1) is 0 Å². The number of benzene rings is 2. The van der Waals surface area contributed by atoms with Gasteiger partial charge in [-0.3, -0.25) is 10.1 Å². The zero-order valence-electron chi connectivity index (χ0n) is 15.7. The van der Waals surface area contributed by atoms with Crippen LogP contribution in [0.4, 0.5) is 10.1 Å². The molecule has 1 heterocycles. The van der Waals surface area contributed by atoms with E-state index in [1.54, 1.807) is 32.4 Å². The van der Waals surface area contributed by atoms with Gasteiger partial charge in [-0.1, -0.05) is 6.07 Å². The van der Waals surface area contributed by atoms with Crippen LogP contribution in [0.1, 0.15) is 11.3 Å². The average Bonchev–Trinajstić information content (AvgIpc) is 3.19.